The highest BCUT2D eigenvalue weighted by Crippen LogP contribution is 2.61. The summed E-state index contributed by atoms with van der Waals surface area (Å²) in [6, 6.07) is 0. The molecular weight excluding hydrogens is 883 g/mol. The summed E-state index contributed by atoms with van der Waals surface area (Å²) in [5.41, 5.74) is 4.14. The van der Waals surface area contributed by atoms with E-state index in [0.717, 1.165) is 17.2 Å². The topological polar surface area (TPSA) is 441 Å². The zero-order valence-electron chi connectivity index (χ0n) is 30.9. The molecule has 28 nitrogen and oxygen atoms in total. The number of aliphatic hydroxyl groups is 5. The minimum absolute atomic E-state index is 0.00946. The molecule has 1 saturated heterocycles. The van der Waals surface area contributed by atoms with Crippen molar-refractivity contribution in [2.45, 2.75) is 69.5 Å². The number of hydrogen-bond donors (Lipinski definition) is 12. The Morgan fingerprint density at radius 2 is 1.66 bits per heavy atom. The second-order valence-electron chi connectivity index (χ2n) is 13.1. The molecule has 2 aromatic heterocycles. The quantitative estimate of drug-likeness (QED) is 0.0274. The summed E-state index contributed by atoms with van der Waals surface area (Å²) < 4.78 is 61.9. The monoisotopic (exact) mass is 927 g/mol. The molecule has 0 bridgehead atoms. The summed E-state index contributed by atoms with van der Waals surface area (Å²) >= 11 is 0.535. The number of carbonyl (C=O) groups is 4. The fourth-order valence-electron chi connectivity index (χ4n) is 4.89. The first-order valence-electron chi connectivity index (χ1n) is 16.8. The molecule has 0 saturated carbocycles. The second-order valence-corrected chi connectivity index (χ2v) is 18.5. The molecule has 59 heavy (non-hydrogen) atoms. The maximum atomic E-state index is 12.7. The number of anilines is 1. The molecule has 9 unspecified atom stereocenters. The van der Waals surface area contributed by atoms with Gasteiger partial charge in [0, 0.05) is 37.1 Å². The van der Waals surface area contributed by atoms with Crippen molar-refractivity contribution >= 4 is 74.9 Å². The Labute approximate surface area is 337 Å². The number of nitrogens with one attached hydrogen (secondary N) is 2. The zero-order chi connectivity index (χ0) is 44.5. The van der Waals surface area contributed by atoms with Crippen molar-refractivity contribution in [3.05, 3.63) is 12.7 Å². The standard InChI is InChI=1S/C27H44N7O21P3S/c1-27(2,21(41)24(42)30-4-3-17(39)29-5-6-59-26(43)14(37)7-13(36)15(38)8-35)10-52-58(49,50)55-57(47,48)51-9-16-20(54-56(44,45)46)19(40)25(53-16)34-12-33-18-22(28)31-11-32-23(18)34/h11-13,15-16,19-21,25,35-36,38,40-41H,3-10H2,1-2H3,(H,29,39)(H,30,42)(H,47,48)(H,49,50)(H2,28,31,32)(H2,44,45,46). The number of phosphoric acid groups is 3. The maximum absolute atomic E-state index is 12.7. The second kappa shape index (κ2) is 21.3. The minimum atomic E-state index is -5.61. The first-order valence-corrected chi connectivity index (χ1v) is 22.3. The Kier molecular flexibility index (Phi) is 18.2. The van der Waals surface area contributed by atoms with E-state index in [2.05, 4.69) is 34.4 Å². The van der Waals surface area contributed by atoms with E-state index >= 15 is 0 Å². The van der Waals surface area contributed by atoms with Crippen molar-refractivity contribution in [1.29, 1.82) is 0 Å². The Balaban J connectivity index is 1.46. The molecule has 9 atom stereocenters. The predicted molar refractivity (Wildman–Crippen MR) is 196 cm³/mol. The lowest BCUT2D eigenvalue weighted by Gasteiger charge is -2.30. The Morgan fingerprint density at radius 3 is 2.31 bits per heavy atom. The lowest BCUT2D eigenvalue weighted by atomic mass is 9.87. The molecule has 2 amide bonds. The van der Waals surface area contributed by atoms with Crippen LogP contribution in [0.3, 0.4) is 0 Å². The molecule has 2 aromatic rings. The van der Waals surface area contributed by atoms with Gasteiger partial charge in [0.2, 0.25) is 17.6 Å². The van der Waals surface area contributed by atoms with Gasteiger partial charge in [0.15, 0.2) is 17.7 Å². The van der Waals surface area contributed by atoms with E-state index < -0.39 is 121 Å². The number of Topliss-reactive ketones (excluding diaryl/α,β-unsaturated/α-hetero) is 1. The van der Waals surface area contributed by atoms with Gasteiger partial charge in [-0.2, -0.15) is 4.31 Å². The number of amides is 2. The van der Waals surface area contributed by atoms with Gasteiger partial charge in [0.1, 0.15) is 42.4 Å². The maximum Gasteiger partial charge on any atom is 0.481 e. The van der Waals surface area contributed by atoms with Gasteiger partial charge in [-0.15, -0.1) is 0 Å². The number of nitrogens with two attached hydrogens (primary N) is 1. The van der Waals surface area contributed by atoms with E-state index in [4.69, 9.17) is 24.6 Å². The number of thioether (sulfide) groups is 1. The van der Waals surface area contributed by atoms with Crippen LogP contribution in [0.2, 0.25) is 0 Å². The van der Waals surface area contributed by atoms with Gasteiger partial charge in [0.25, 0.3) is 5.12 Å². The van der Waals surface area contributed by atoms with Gasteiger partial charge in [-0.25, -0.2) is 28.6 Å². The number of rotatable bonds is 24. The van der Waals surface area contributed by atoms with Gasteiger partial charge in [-0.3, -0.25) is 37.3 Å². The molecule has 1 aliphatic rings. The van der Waals surface area contributed by atoms with Crippen molar-refractivity contribution in [3.8, 4) is 0 Å². The minimum Gasteiger partial charge on any atom is -0.394 e. The average Bonchev–Trinajstić information content (AvgIpc) is 3.70. The molecule has 0 spiro atoms. The molecule has 334 valence electrons. The molecule has 0 aliphatic carbocycles. The highest BCUT2D eigenvalue weighted by atomic mass is 32.2. The molecule has 1 aliphatic heterocycles. The van der Waals surface area contributed by atoms with Crippen molar-refractivity contribution in [2.24, 2.45) is 5.41 Å². The SMILES string of the molecule is CC(C)(COP(=O)(O)OP(=O)(O)OCC1OC(n2cnc3c(N)ncnc32)C(O)C1OP(=O)(O)O)C(O)C(=O)NCCC(=O)NCCSC(=O)C(=O)CC(O)C(O)CO. The number of nitrogen functional groups attached to an aromatic ring is 1. The molecule has 0 radical (unpaired) electrons. The zero-order valence-corrected chi connectivity index (χ0v) is 34.4. The largest absolute Gasteiger partial charge is 0.481 e. The molecule has 0 aromatic carbocycles. The van der Waals surface area contributed by atoms with Crippen LogP contribution in [-0.2, 0) is 55.5 Å². The van der Waals surface area contributed by atoms with Crippen LogP contribution in [0, 0.1) is 5.41 Å². The van der Waals surface area contributed by atoms with E-state index in [1.807, 2.05) is 0 Å². The summed E-state index contributed by atoms with van der Waals surface area (Å²) in [6.45, 7) is -0.923. The summed E-state index contributed by atoms with van der Waals surface area (Å²) in [5.74, 6) is -2.78. The number of carbonyl (C=O) groups excluding carboxylic acids is 4. The Bertz CT molecular complexity index is 1950. The number of imidazole rings is 1. The van der Waals surface area contributed by atoms with E-state index in [9.17, 15) is 72.9 Å². The van der Waals surface area contributed by atoms with Crippen molar-refractivity contribution < 1.29 is 101 Å². The van der Waals surface area contributed by atoms with Gasteiger partial charge < -0.3 is 66.2 Å². The predicted octanol–water partition coefficient (Wildman–Crippen LogP) is -3.66. The summed E-state index contributed by atoms with van der Waals surface area (Å²) in [7, 11) is -16.5. The molecule has 32 heteroatoms. The lowest BCUT2D eigenvalue weighted by molar-refractivity contribution is -0.137. The third-order valence-corrected chi connectivity index (χ3v) is 12.0. The highest BCUT2D eigenvalue weighted by Gasteiger charge is 2.50. The first-order chi connectivity index (χ1) is 27.3. The van der Waals surface area contributed by atoms with E-state index in [1.165, 1.54) is 13.8 Å². The van der Waals surface area contributed by atoms with Crippen LogP contribution in [0.5, 0.6) is 0 Å². The first kappa shape index (κ1) is 50.5. The van der Waals surface area contributed by atoms with Crippen molar-refractivity contribution in [2.75, 3.05) is 44.4 Å². The fourth-order valence-corrected chi connectivity index (χ4v) is 8.35. The summed E-state index contributed by atoms with van der Waals surface area (Å²) in [4.78, 5) is 99.1. The third-order valence-electron chi connectivity index (χ3n) is 7.99. The van der Waals surface area contributed by atoms with Crippen LogP contribution in [0.4, 0.5) is 5.82 Å². The van der Waals surface area contributed by atoms with Crippen LogP contribution >= 0.6 is 35.2 Å². The molecule has 3 rings (SSSR count). The third kappa shape index (κ3) is 15.2. The normalized spacial score (nSPS) is 22.2. The highest BCUT2D eigenvalue weighted by molar-refractivity contribution is 8.15. The Hall–Kier alpha value is -2.89. The number of ether oxygens (including phenoxy) is 1. The van der Waals surface area contributed by atoms with Gasteiger partial charge in [-0.05, 0) is 0 Å². The number of fused-ring (bicyclic) bond motifs is 1. The fraction of sp³-hybridized carbons (Fsp3) is 0.667. The van der Waals surface area contributed by atoms with Gasteiger partial charge in [0.05, 0.1) is 32.3 Å². The van der Waals surface area contributed by atoms with Crippen LogP contribution in [0.15, 0.2) is 12.7 Å². The Morgan fingerprint density at radius 1 is 1.00 bits per heavy atom. The number of aliphatic hydroxyl groups excluding tert-OH is 5. The molecule has 13 N–H and O–H groups in total. The number of hydrogen-bond acceptors (Lipinski definition) is 22. The smallest absolute Gasteiger partial charge is 0.394 e. The lowest BCUT2D eigenvalue weighted by Crippen LogP contribution is -2.46. The molecule has 1 fully saturated rings. The van der Waals surface area contributed by atoms with Crippen molar-refractivity contribution in [3.63, 3.8) is 0 Å². The van der Waals surface area contributed by atoms with Crippen LogP contribution in [-0.4, -0.2) is 163 Å². The molecule has 3 heterocycles. The van der Waals surface area contributed by atoms with E-state index in [0.29, 0.717) is 11.8 Å². The summed E-state index contributed by atoms with van der Waals surface area (Å²) in [5, 5.41) is 52.7. The van der Waals surface area contributed by atoms with Crippen LogP contribution in [0.1, 0.15) is 32.9 Å². The molecular formula is C27H44N7O21P3S. The average molecular weight is 928 g/mol. The number of ketones is 1. The van der Waals surface area contributed by atoms with E-state index in [-0.39, 0.29) is 42.2 Å². The number of aromatic nitrogens is 4. The van der Waals surface area contributed by atoms with Crippen LogP contribution in [0.25, 0.3) is 11.2 Å². The number of phosphoric ester groups is 3. The van der Waals surface area contributed by atoms with Gasteiger partial charge >= 0.3 is 23.5 Å². The van der Waals surface area contributed by atoms with E-state index in [1.54, 1.807) is 0 Å². The van der Waals surface area contributed by atoms with Crippen molar-refractivity contribution in [1.82, 2.24) is 30.2 Å². The van der Waals surface area contributed by atoms with Crippen LogP contribution < -0.4 is 16.4 Å². The summed E-state index contributed by atoms with van der Waals surface area (Å²) in [6.07, 6.45) is -11.2. The number of nitrogens with zero attached hydrogens (tertiary/aromatic N) is 4. The van der Waals surface area contributed by atoms with Gasteiger partial charge in [-0.1, -0.05) is 25.6 Å².